The first-order chi connectivity index (χ1) is 8.18. The molecule has 0 N–H and O–H groups in total. The van der Waals surface area contributed by atoms with Gasteiger partial charge in [0.1, 0.15) is 18.7 Å². The number of aromatic nitrogens is 2. The van der Waals surface area contributed by atoms with Gasteiger partial charge in [0.2, 0.25) is 14.2 Å². The second kappa shape index (κ2) is 5.24. The van der Waals surface area contributed by atoms with Crippen molar-refractivity contribution in [1.82, 2.24) is 9.36 Å². The minimum atomic E-state index is -3.37. The van der Waals surface area contributed by atoms with E-state index in [1.54, 1.807) is 12.1 Å². The van der Waals surface area contributed by atoms with Crippen LogP contribution in [0, 0.1) is 0 Å². The van der Waals surface area contributed by atoms with E-state index < -0.39 is 9.84 Å². The normalized spacial score (nSPS) is 11.3. The van der Waals surface area contributed by atoms with Gasteiger partial charge >= 0.3 is 0 Å². The van der Waals surface area contributed by atoms with Crippen LogP contribution in [-0.4, -0.2) is 30.1 Å². The Kier molecular flexibility index (Phi) is 3.70. The topological polar surface area (TPSA) is 69.2 Å². The molecule has 90 valence electrons. The molecular formula is C10H10N2O3S2. The van der Waals surface area contributed by atoms with Gasteiger partial charge in [-0.25, -0.2) is 13.4 Å². The van der Waals surface area contributed by atoms with Crippen LogP contribution >= 0.6 is 11.5 Å². The van der Waals surface area contributed by atoms with E-state index in [1.807, 2.05) is 18.2 Å². The van der Waals surface area contributed by atoms with Gasteiger partial charge in [0.05, 0.1) is 5.75 Å². The molecule has 5 nitrogen and oxygen atoms in total. The predicted octanol–water partition coefficient (Wildman–Crippen LogP) is 1.39. The Labute approximate surface area is 103 Å². The van der Waals surface area contributed by atoms with Crippen LogP contribution < -0.4 is 4.74 Å². The molecule has 0 atom stereocenters. The van der Waals surface area contributed by atoms with Crippen LogP contribution in [0.4, 0.5) is 0 Å². The van der Waals surface area contributed by atoms with E-state index in [0.717, 1.165) is 11.5 Å². The van der Waals surface area contributed by atoms with Crippen LogP contribution in [0.5, 0.6) is 5.75 Å². The summed E-state index contributed by atoms with van der Waals surface area (Å²) in [6, 6.07) is 9.07. The summed E-state index contributed by atoms with van der Waals surface area (Å²) in [4.78, 5) is 3.68. The third-order valence-electron chi connectivity index (χ3n) is 1.97. The number of hydrogen-bond donors (Lipinski definition) is 0. The van der Waals surface area contributed by atoms with Gasteiger partial charge in [0, 0.05) is 0 Å². The first-order valence-electron chi connectivity index (χ1n) is 4.86. The van der Waals surface area contributed by atoms with Crippen LogP contribution in [0.1, 0.15) is 0 Å². The zero-order valence-corrected chi connectivity index (χ0v) is 10.4. The van der Waals surface area contributed by atoms with Crippen molar-refractivity contribution in [3.05, 3.63) is 36.7 Å². The fourth-order valence-corrected chi connectivity index (χ4v) is 2.97. The first-order valence-corrected chi connectivity index (χ1v) is 7.28. The first kappa shape index (κ1) is 12.0. The molecule has 17 heavy (non-hydrogen) atoms. The molecule has 0 saturated heterocycles. The van der Waals surface area contributed by atoms with Crippen LogP contribution in [0.2, 0.25) is 0 Å². The average molecular weight is 270 g/mol. The van der Waals surface area contributed by atoms with E-state index in [1.165, 1.54) is 6.33 Å². The molecule has 1 aromatic heterocycles. The molecule has 0 spiro atoms. The zero-order valence-electron chi connectivity index (χ0n) is 8.81. The van der Waals surface area contributed by atoms with E-state index in [0.29, 0.717) is 5.75 Å². The smallest absolute Gasteiger partial charge is 0.228 e. The monoisotopic (exact) mass is 270 g/mol. The summed E-state index contributed by atoms with van der Waals surface area (Å²) in [6.07, 6.45) is 1.23. The maximum atomic E-state index is 11.7. The van der Waals surface area contributed by atoms with Crippen molar-refractivity contribution < 1.29 is 13.2 Å². The Bertz CT molecular complexity index is 553. The SMILES string of the molecule is O=S(=O)(CCOc1ccccc1)c1ncns1. The van der Waals surface area contributed by atoms with E-state index >= 15 is 0 Å². The third kappa shape index (κ3) is 3.24. The van der Waals surface area contributed by atoms with Crippen LogP contribution in [0.15, 0.2) is 41.0 Å². The molecule has 1 heterocycles. The quantitative estimate of drug-likeness (QED) is 0.821. The van der Waals surface area contributed by atoms with Gasteiger partial charge in [0.15, 0.2) is 0 Å². The van der Waals surface area contributed by atoms with Crippen molar-refractivity contribution in [3.8, 4) is 5.75 Å². The Morgan fingerprint density at radius 1 is 1.24 bits per heavy atom. The lowest BCUT2D eigenvalue weighted by Gasteiger charge is -2.04. The van der Waals surface area contributed by atoms with E-state index in [-0.39, 0.29) is 16.7 Å². The predicted molar refractivity (Wildman–Crippen MR) is 63.9 cm³/mol. The lowest BCUT2D eigenvalue weighted by molar-refractivity contribution is 0.341. The van der Waals surface area contributed by atoms with E-state index in [4.69, 9.17) is 4.74 Å². The summed E-state index contributed by atoms with van der Waals surface area (Å²) in [7, 11) is -3.37. The molecule has 0 radical (unpaired) electrons. The molecule has 0 amide bonds. The number of ether oxygens (including phenoxy) is 1. The standard InChI is InChI=1S/C10H10N2O3S2/c13-17(14,10-11-8-12-16-10)7-6-15-9-4-2-1-3-5-9/h1-5,8H,6-7H2. The highest BCUT2D eigenvalue weighted by Crippen LogP contribution is 2.12. The van der Waals surface area contributed by atoms with E-state index in [9.17, 15) is 8.42 Å². The molecule has 0 aliphatic carbocycles. The van der Waals surface area contributed by atoms with Gasteiger partial charge in [0.25, 0.3) is 0 Å². The van der Waals surface area contributed by atoms with Crippen molar-refractivity contribution in [2.45, 2.75) is 4.34 Å². The van der Waals surface area contributed by atoms with Gasteiger partial charge in [-0.15, -0.1) is 0 Å². The molecule has 0 aliphatic heterocycles. The Morgan fingerprint density at radius 2 is 2.00 bits per heavy atom. The number of rotatable bonds is 5. The van der Waals surface area contributed by atoms with Crippen LogP contribution in [-0.2, 0) is 9.84 Å². The van der Waals surface area contributed by atoms with Gasteiger partial charge in [-0.2, -0.15) is 4.37 Å². The summed E-state index contributed by atoms with van der Waals surface area (Å²) in [5.41, 5.74) is 0. The molecule has 0 aliphatic rings. The lowest BCUT2D eigenvalue weighted by atomic mass is 10.3. The maximum Gasteiger partial charge on any atom is 0.228 e. The number of para-hydroxylation sites is 1. The fraction of sp³-hybridized carbons (Fsp3) is 0.200. The second-order valence-electron chi connectivity index (χ2n) is 3.19. The van der Waals surface area contributed by atoms with Gasteiger partial charge in [-0.3, -0.25) is 0 Å². The summed E-state index contributed by atoms with van der Waals surface area (Å²) in [6.45, 7) is 0.103. The minimum absolute atomic E-state index is 0.0363. The summed E-state index contributed by atoms with van der Waals surface area (Å²) < 4.78 is 32.4. The van der Waals surface area contributed by atoms with Crippen molar-refractivity contribution >= 4 is 21.4 Å². The highest BCUT2D eigenvalue weighted by molar-refractivity contribution is 7.93. The highest BCUT2D eigenvalue weighted by atomic mass is 32.2. The molecule has 2 aromatic rings. The largest absolute Gasteiger partial charge is 0.493 e. The molecule has 0 saturated carbocycles. The summed E-state index contributed by atoms with van der Waals surface area (Å²) in [5.74, 6) is 0.553. The van der Waals surface area contributed by atoms with Gasteiger partial charge in [-0.05, 0) is 23.7 Å². The second-order valence-corrected chi connectivity index (χ2v) is 6.25. The van der Waals surface area contributed by atoms with Gasteiger partial charge in [-0.1, -0.05) is 18.2 Å². The average Bonchev–Trinajstić information content (AvgIpc) is 2.84. The Morgan fingerprint density at radius 3 is 2.65 bits per heavy atom. The molecule has 1 aromatic carbocycles. The highest BCUT2D eigenvalue weighted by Gasteiger charge is 2.17. The molecule has 0 bridgehead atoms. The number of benzene rings is 1. The molecule has 0 unspecified atom stereocenters. The molecular weight excluding hydrogens is 260 g/mol. The molecule has 2 rings (SSSR count). The number of sulfone groups is 1. The maximum absolute atomic E-state index is 11.7. The lowest BCUT2D eigenvalue weighted by Crippen LogP contribution is -2.14. The number of nitrogens with zero attached hydrogens (tertiary/aromatic N) is 2. The van der Waals surface area contributed by atoms with Crippen LogP contribution in [0.3, 0.4) is 0 Å². The molecule has 7 heteroatoms. The Hall–Kier alpha value is -1.47. The van der Waals surface area contributed by atoms with Crippen molar-refractivity contribution in [1.29, 1.82) is 0 Å². The van der Waals surface area contributed by atoms with Gasteiger partial charge < -0.3 is 4.74 Å². The van der Waals surface area contributed by atoms with Crippen molar-refractivity contribution in [3.63, 3.8) is 0 Å². The zero-order chi connectivity index (χ0) is 12.1. The Balaban J connectivity index is 1.91. The minimum Gasteiger partial charge on any atom is -0.493 e. The summed E-state index contributed by atoms with van der Waals surface area (Å²) in [5, 5.41) is 0. The van der Waals surface area contributed by atoms with E-state index in [2.05, 4.69) is 9.36 Å². The number of hydrogen-bond acceptors (Lipinski definition) is 6. The fourth-order valence-electron chi connectivity index (χ4n) is 1.17. The van der Waals surface area contributed by atoms with Crippen molar-refractivity contribution in [2.75, 3.05) is 12.4 Å². The van der Waals surface area contributed by atoms with Crippen molar-refractivity contribution in [2.24, 2.45) is 0 Å². The molecule has 0 fully saturated rings. The summed E-state index contributed by atoms with van der Waals surface area (Å²) >= 11 is 0.871. The van der Waals surface area contributed by atoms with Crippen LogP contribution in [0.25, 0.3) is 0 Å². The third-order valence-corrected chi connectivity index (χ3v) is 4.76.